The zero-order valence-electron chi connectivity index (χ0n) is 10.7. The molecule has 1 aliphatic rings. The first-order valence-electron chi connectivity index (χ1n) is 6.26. The van der Waals surface area contributed by atoms with Crippen LogP contribution in [0.1, 0.15) is 28.6 Å². The van der Waals surface area contributed by atoms with Crippen molar-refractivity contribution in [3.63, 3.8) is 0 Å². The zero-order chi connectivity index (χ0) is 15.0. The second-order valence-electron chi connectivity index (χ2n) is 4.63. The maximum absolute atomic E-state index is 13.1. The van der Waals surface area contributed by atoms with Gasteiger partial charge in [0.05, 0.1) is 17.3 Å². The monoisotopic (exact) mass is 296 g/mol. The fourth-order valence-corrected chi connectivity index (χ4v) is 2.51. The van der Waals surface area contributed by atoms with Gasteiger partial charge in [-0.25, -0.2) is 9.97 Å². The highest BCUT2D eigenvalue weighted by atomic mass is 19.4. The summed E-state index contributed by atoms with van der Waals surface area (Å²) in [7, 11) is 0. The molecule has 0 amide bonds. The molecule has 2 aromatic heterocycles. The topological polar surface area (TPSA) is 70.9 Å². The van der Waals surface area contributed by atoms with Gasteiger partial charge in [-0.3, -0.25) is 4.98 Å². The van der Waals surface area contributed by atoms with E-state index in [1.807, 2.05) is 0 Å². The summed E-state index contributed by atoms with van der Waals surface area (Å²) in [6.45, 7) is 0.459. The van der Waals surface area contributed by atoms with Gasteiger partial charge in [-0.15, -0.1) is 0 Å². The summed E-state index contributed by atoms with van der Waals surface area (Å²) in [6, 6.07) is 1.94. The Kier molecular flexibility index (Phi) is 3.25. The Morgan fingerprint density at radius 2 is 2.05 bits per heavy atom. The van der Waals surface area contributed by atoms with E-state index in [2.05, 4.69) is 20.3 Å². The van der Waals surface area contributed by atoms with Crippen molar-refractivity contribution in [3.8, 4) is 5.88 Å². The molecule has 2 N–H and O–H groups in total. The Balaban J connectivity index is 2.17. The van der Waals surface area contributed by atoms with Crippen LogP contribution >= 0.6 is 0 Å². The van der Waals surface area contributed by atoms with Gasteiger partial charge in [-0.05, 0) is 6.07 Å². The molecule has 110 valence electrons. The van der Waals surface area contributed by atoms with Gasteiger partial charge in [0.15, 0.2) is 0 Å². The molecule has 1 unspecified atom stereocenters. The third kappa shape index (κ3) is 2.42. The number of pyridine rings is 1. The average molecular weight is 296 g/mol. The molecule has 0 saturated heterocycles. The molecule has 0 aliphatic carbocycles. The number of aromatic nitrogens is 3. The van der Waals surface area contributed by atoms with Crippen molar-refractivity contribution in [2.24, 2.45) is 0 Å². The molecule has 2 aromatic rings. The number of nitrogens with zero attached hydrogens (tertiary/aromatic N) is 3. The molecule has 0 saturated carbocycles. The van der Waals surface area contributed by atoms with E-state index in [1.54, 1.807) is 0 Å². The van der Waals surface area contributed by atoms with Crippen molar-refractivity contribution in [2.45, 2.75) is 18.6 Å². The van der Waals surface area contributed by atoms with Crippen LogP contribution in [0.5, 0.6) is 5.88 Å². The fourth-order valence-electron chi connectivity index (χ4n) is 2.51. The van der Waals surface area contributed by atoms with E-state index in [1.165, 1.54) is 18.5 Å². The van der Waals surface area contributed by atoms with E-state index >= 15 is 0 Å². The zero-order valence-corrected chi connectivity index (χ0v) is 10.7. The molecule has 0 aromatic carbocycles. The van der Waals surface area contributed by atoms with E-state index in [9.17, 15) is 18.3 Å². The van der Waals surface area contributed by atoms with Crippen LogP contribution in [0.4, 0.5) is 13.2 Å². The van der Waals surface area contributed by atoms with Crippen molar-refractivity contribution >= 4 is 0 Å². The van der Waals surface area contributed by atoms with Gasteiger partial charge in [-0.1, -0.05) is 6.07 Å². The highest BCUT2D eigenvalue weighted by Gasteiger charge is 2.39. The van der Waals surface area contributed by atoms with Crippen LogP contribution in [0.25, 0.3) is 0 Å². The lowest BCUT2D eigenvalue weighted by Gasteiger charge is -2.28. The number of hydrogen-bond donors (Lipinski definition) is 2. The van der Waals surface area contributed by atoms with E-state index in [0.717, 1.165) is 6.20 Å². The van der Waals surface area contributed by atoms with Gasteiger partial charge in [0, 0.05) is 24.7 Å². The van der Waals surface area contributed by atoms with E-state index in [-0.39, 0.29) is 17.0 Å². The SMILES string of the molecule is Oc1ncnc2c1C(c1cccnc1C(F)(F)F)NCC2. The summed E-state index contributed by atoms with van der Waals surface area (Å²) in [5.41, 5.74) is -0.194. The molecule has 21 heavy (non-hydrogen) atoms. The van der Waals surface area contributed by atoms with Crippen molar-refractivity contribution in [2.75, 3.05) is 6.54 Å². The summed E-state index contributed by atoms with van der Waals surface area (Å²) in [5, 5.41) is 12.9. The van der Waals surface area contributed by atoms with Crippen LogP contribution in [0.15, 0.2) is 24.7 Å². The molecular weight excluding hydrogens is 285 g/mol. The third-order valence-corrected chi connectivity index (χ3v) is 3.36. The molecule has 8 heteroatoms. The normalized spacial score (nSPS) is 18.3. The number of nitrogens with one attached hydrogen (secondary N) is 1. The van der Waals surface area contributed by atoms with Gasteiger partial charge >= 0.3 is 6.18 Å². The highest BCUT2D eigenvalue weighted by molar-refractivity contribution is 5.43. The lowest BCUT2D eigenvalue weighted by Crippen LogP contribution is -2.33. The number of hydrogen-bond acceptors (Lipinski definition) is 5. The first-order valence-corrected chi connectivity index (χ1v) is 6.26. The minimum atomic E-state index is -4.57. The molecule has 0 fully saturated rings. The molecule has 3 rings (SSSR count). The smallest absolute Gasteiger partial charge is 0.433 e. The van der Waals surface area contributed by atoms with E-state index in [0.29, 0.717) is 18.7 Å². The predicted octanol–water partition coefficient (Wildman–Crippen LogP) is 1.83. The maximum atomic E-state index is 13.1. The molecule has 0 spiro atoms. The Labute approximate surface area is 117 Å². The van der Waals surface area contributed by atoms with Gasteiger partial charge in [0.2, 0.25) is 5.88 Å². The first kappa shape index (κ1) is 13.7. The molecule has 1 atom stereocenters. The summed E-state index contributed by atoms with van der Waals surface area (Å²) in [4.78, 5) is 11.1. The average Bonchev–Trinajstić information content (AvgIpc) is 2.46. The lowest BCUT2D eigenvalue weighted by atomic mass is 9.92. The number of alkyl halides is 3. The standard InChI is InChI=1S/C13H11F3N4O/c14-13(15,16)11-7(2-1-4-18-11)10-9-8(3-5-17-10)19-6-20-12(9)21/h1-2,4,6,10,17H,3,5H2,(H,19,20,21). The number of fused-ring (bicyclic) bond motifs is 1. The number of aromatic hydroxyl groups is 1. The molecule has 0 bridgehead atoms. The van der Waals surface area contributed by atoms with Crippen LogP contribution < -0.4 is 5.32 Å². The van der Waals surface area contributed by atoms with Gasteiger partial charge in [0.1, 0.15) is 12.0 Å². The van der Waals surface area contributed by atoms with E-state index < -0.39 is 17.9 Å². The van der Waals surface area contributed by atoms with Crippen molar-refractivity contribution < 1.29 is 18.3 Å². The van der Waals surface area contributed by atoms with Crippen molar-refractivity contribution in [1.82, 2.24) is 20.3 Å². The van der Waals surface area contributed by atoms with Crippen LogP contribution in [-0.2, 0) is 12.6 Å². The van der Waals surface area contributed by atoms with E-state index in [4.69, 9.17) is 0 Å². The molecule has 3 heterocycles. The second kappa shape index (κ2) is 4.96. The Morgan fingerprint density at radius 1 is 1.24 bits per heavy atom. The van der Waals surface area contributed by atoms with Crippen molar-refractivity contribution in [3.05, 3.63) is 47.2 Å². The van der Waals surface area contributed by atoms with Crippen LogP contribution in [-0.4, -0.2) is 26.6 Å². The first-order chi connectivity index (χ1) is 9.98. The van der Waals surface area contributed by atoms with Gasteiger partial charge < -0.3 is 10.4 Å². The lowest BCUT2D eigenvalue weighted by molar-refractivity contribution is -0.142. The highest BCUT2D eigenvalue weighted by Crippen LogP contribution is 2.38. The maximum Gasteiger partial charge on any atom is 0.433 e. The number of halogens is 3. The predicted molar refractivity (Wildman–Crippen MR) is 66.5 cm³/mol. The summed E-state index contributed by atoms with van der Waals surface area (Å²) in [5.74, 6) is -0.311. The molecular formula is C13H11F3N4O. The Morgan fingerprint density at radius 3 is 2.81 bits per heavy atom. The summed E-state index contributed by atoms with van der Waals surface area (Å²) in [6.07, 6.45) is -1.76. The number of rotatable bonds is 1. The Hall–Kier alpha value is -2.22. The van der Waals surface area contributed by atoms with Crippen LogP contribution in [0.2, 0.25) is 0 Å². The molecule has 5 nitrogen and oxygen atoms in total. The largest absolute Gasteiger partial charge is 0.493 e. The summed E-state index contributed by atoms with van der Waals surface area (Å²) < 4.78 is 39.3. The minimum Gasteiger partial charge on any atom is -0.493 e. The van der Waals surface area contributed by atoms with Gasteiger partial charge in [0.25, 0.3) is 0 Å². The quantitative estimate of drug-likeness (QED) is 0.840. The minimum absolute atomic E-state index is 0.0453. The fraction of sp³-hybridized carbons (Fsp3) is 0.308. The third-order valence-electron chi connectivity index (χ3n) is 3.36. The Bertz CT molecular complexity index is 675. The van der Waals surface area contributed by atoms with Crippen LogP contribution in [0.3, 0.4) is 0 Å². The summed E-state index contributed by atoms with van der Waals surface area (Å²) >= 11 is 0. The van der Waals surface area contributed by atoms with Gasteiger partial charge in [-0.2, -0.15) is 13.2 Å². The van der Waals surface area contributed by atoms with Crippen molar-refractivity contribution in [1.29, 1.82) is 0 Å². The van der Waals surface area contributed by atoms with Crippen LogP contribution in [0, 0.1) is 0 Å². The molecule has 1 aliphatic heterocycles. The second-order valence-corrected chi connectivity index (χ2v) is 4.63. The molecule has 0 radical (unpaired) electrons.